The Balaban J connectivity index is 1.86. The minimum atomic E-state index is 0.365. The van der Waals surface area contributed by atoms with Crippen molar-refractivity contribution in [2.24, 2.45) is 5.18 Å². The van der Waals surface area contributed by atoms with Crippen LogP contribution >= 0.6 is 0 Å². The Morgan fingerprint density at radius 1 is 1.28 bits per heavy atom. The van der Waals surface area contributed by atoms with Gasteiger partial charge in [-0.25, -0.2) is 0 Å². The van der Waals surface area contributed by atoms with Gasteiger partial charge in [-0.2, -0.15) is 4.57 Å². The lowest BCUT2D eigenvalue weighted by Crippen LogP contribution is -2.35. The van der Waals surface area contributed by atoms with E-state index in [1.54, 1.807) is 6.08 Å². The molecule has 1 aromatic rings. The maximum atomic E-state index is 10.3. The zero-order chi connectivity index (χ0) is 12.6. The monoisotopic (exact) mass is 244 g/mol. The Hall–Kier alpha value is -2.27. The summed E-state index contributed by atoms with van der Waals surface area (Å²) in [6.45, 7) is 0.820. The number of hydrogen-bond acceptors (Lipinski definition) is 4. The van der Waals surface area contributed by atoms with Gasteiger partial charge >= 0.3 is 0 Å². The van der Waals surface area contributed by atoms with Crippen LogP contribution in [0.25, 0.3) is 0 Å². The number of rotatable bonds is 5. The van der Waals surface area contributed by atoms with Gasteiger partial charge in [0.1, 0.15) is 6.73 Å². The first-order chi connectivity index (χ1) is 8.90. The summed E-state index contributed by atoms with van der Waals surface area (Å²) in [6.07, 6.45) is 12.5. The molecule has 0 aliphatic carbocycles. The maximum Gasteiger partial charge on any atom is 0.254 e. The third kappa shape index (κ3) is 3.36. The zero-order valence-corrected chi connectivity index (χ0v) is 9.85. The zero-order valence-electron chi connectivity index (χ0n) is 9.85. The van der Waals surface area contributed by atoms with Crippen molar-refractivity contribution in [1.82, 2.24) is 4.90 Å². The summed E-state index contributed by atoms with van der Waals surface area (Å²) >= 11 is 0. The summed E-state index contributed by atoms with van der Waals surface area (Å²) in [5, 5.41) is 2.78. The summed E-state index contributed by atoms with van der Waals surface area (Å²) in [5.74, 6) is 0. The van der Waals surface area contributed by atoms with Crippen LogP contribution < -0.4 is 4.57 Å². The van der Waals surface area contributed by atoms with Gasteiger partial charge in [0.15, 0.2) is 12.4 Å². The highest BCUT2D eigenvalue weighted by Gasteiger charge is 2.08. The second-order valence-electron chi connectivity index (χ2n) is 3.68. The fourth-order valence-electron chi connectivity index (χ4n) is 1.54. The van der Waals surface area contributed by atoms with Gasteiger partial charge in [0.05, 0.1) is 11.9 Å². The van der Waals surface area contributed by atoms with E-state index in [0.29, 0.717) is 19.2 Å². The van der Waals surface area contributed by atoms with E-state index < -0.39 is 0 Å². The molecule has 0 spiro atoms. The van der Waals surface area contributed by atoms with E-state index in [0.717, 1.165) is 0 Å². The van der Waals surface area contributed by atoms with E-state index >= 15 is 0 Å². The van der Waals surface area contributed by atoms with Crippen molar-refractivity contribution < 1.29 is 9.30 Å². The molecule has 0 radical (unpaired) electrons. The normalized spacial score (nSPS) is 16.2. The average Bonchev–Trinajstić information content (AvgIpc) is 2.42. The van der Waals surface area contributed by atoms with Crippen LogP contribution in [0.3, 0.4) is 0 Å². The lowest BCUT2D eigenvalue weighted by atomic mass is 10.3. The van der Waals surface area contributed by atoms with Crippen molar-refractivity contribution in [2.75, 3.05) is 6.73 Å². The van der Waals surface area contributed by atoms with E-state index in [-0.39, 0.29) is 0 Å². The number of hydrogen-bond donors (Lipinski definition) is 0. The van der Waals surface area contributed by atoms with Crippen LogP contribution in [0, 0.1) is 4.91 Å². The van der Waals surface area contributed by atoms with Crippen molar-refractivity contribution >= 4 is 0 Å². The summed E-state index contributed by atoms with van der Waals surface area (Å²) in [5.41, 5.74) is 0.713. The van der Waals surface area contributed by atoms with E-state index in [2.05, 4.69) is 5.18 Å². The molecule has 92 valence electrons. The predicted molar refractivity (Wildman–Crippen MR) is 66.6 cm³/mol. The van der Waals surface area contributed by atoms with Crippen LogP contribution in [0.4, 0.5) is 0 Å². The standard InChI is InChI=1S/C13H14N3O2/c17-14-10-13-6-2-5-9-16(13)12-18-11-15-7-3-1-4-8-15/h1-10H,11-12H2/q+1/b13-10+. The first kappa shape index (κ1) is 12.2. The Labute approximate surface area is 105 Å². The Morgan fingerprint density at radius 3 is 2.89 bits per heavy atom. The molecule has 1 aliphatic heterocycles. The summed E-state index contributed by atoms with van der Waals surface area (Å²) in [7, 11) is 0. The van der Waals surface area contributed by atoms with Gasteiger partial charge in [-0.05, 0) is 17.3 Å². The first-order valence-corrected chi connectivity index (χ1v) is 5.56. The minimum absolute atomic E-state index is 0.365. The number of nitroso groups, excluding NO2 is 1. The molecule has 0 amide bonds. The smallest absolute Gasteiger partial charge is 0.254 e. The molecule has 1 aromatic heterocycles. The summed E-state index contributed by atoms with van der Waals surface area (Å²) < 4.78 is 7.48. The third-order valence-corrected chi connectivity index (χ3v) is 2.41. The number of nitrogens with zero attached hydrogens (tertiary/aromatic N) is 3. The Kier molecular flexibility index (Phi) is 4.38. The highest BCUT2D eigenvalue weighted by Crippen LogP contribution is 2.11. The third-order valence-electron chi connectivity index (χ3n) is 2.41. The van der Waals surface area contributed by atoms with Gasteiger partial charge in [0.25, 0.3) is 6.73 Å². The second-order valence-corrected chi connectivity index (χ2v) is 3.68. The molecule has 5 nitrogen and oxygen atoms in total. The molecule has 0 bridgehead atoms. The van der Waals surface area contributed by atoms with E-state index in [9.17, 15) is 4.91 Å². The minimum Gasteiger partial charge on any atom is -0.323 e. The highest BCUT2D eigenvalue weighted by molar-refractivity contribution is 5.27. The lowest BCUT2D eigenvalue weighted by molar-refractivity contribution is -0.733. The molecule has 2 rings (SSSR count). The molecular weight excluding hydrogens is 230 g/mol. The van der Waals surface area contributed by atoms with Crippen molar-refractivity contribution in [2.45, 2.75) is 6.73 Å². The van der Waals surface area contributed by atoms with Gasteiger partial charge in [0.2, 0.25) is 0 Å². The Bertz CT molecular complexity index is 480. The van der Waals surface area contributed by atoms with E-state index in [1.165, 1.54) is 6.20 Å². The quantitative estimate of drug-likeness (QED) is 0.587. The molecule has 0 aromatic carbocycles. The largest absolute Gasteiger partial charge is 0.323 e. The van der Waals surface area contributed by atoms with Crippen molar-refractivity contribution in [3.63, 3.8) is 0 Å². The van der Waals surface area contributed by atoms with Crippen molar-refractivity contribution in [3.8, 4) is 0 Å². The molecule has 0 saturated carbocycles. The Morgan fingerprint density at radius 2 is 2.11 bits per heavy atom. The molecule has 0 N–H and O–H groups in total. The fourth-order valence-corrected chi connectivity index (χ4v) is 1.54. The van der Waals surface area contributed by atoms with Crippen LogP contribution in [0.1, 0.15) is 0 Å². The van der Waals surface area contributed by atoms with Crippen LogP contribution in [0.2, 0.25) is 0 Å². The van der Waals surface area contributed by atoms with Gasteiger partial charge in [-0.3, -0.25) is 0 Å². The molecule has 0 unspecified atom stereocenters. The molecular formula is C13H14N3O2+. The summed E-state index contributed by atoms with van der Waals surface area (Å²) in [4.78, 5) is 12.1. The SMILES string of the molecule is O=N/C=C1\C=CC=CN1COC[n+]1ccccc1. The van der Waals surface area contributed by atoms with Crippen LogP contribution in [0.5, 0.6) is 0 Å². The first-order valence-electron chi connectivity index (χ1n) is 5.56. The maximum absolute atomic E-state index is 10.3. The second kappa shape index (κ2) is 6.46. The topological polar surface area (TPSA) is 45.8 Å². The molecule has 5 heteroatoms. The van der Waals surface area contributed by atoms with Gasteiger partial charge in [-0.15, -0.1) is 4.91 Å². The highest BCUT2D eigenvalue weighted by atomic mass is 16.5. The van der Waals surface area contributed by atoms with Gasteiger partial charge in [0, 0.05) is 18.3 Å². The predicted octanol–water partition coefficient (Wildman–Crippen LogP) is 1.90. The van der Waals surface area contributed by atoms with Crippen LogP contribution in [0.15, 0.2) is 72.1 Å². The van der Waals surface area contributed by atoms with Crippen LogP contribution in [-0.2, 0) is 11.5 Å². The van der Waals surface area contributed by atoms with E-state index in [4.69, 9.17) is 4.74 Å². The number of ether oxygens (including phenoxy) is 1. The lowest BCUT2D eigenvalue weighted by Gasteiger charge is -2.21. The van der Waals surface area contributed by atoms with Crippen molar-refractivity contribution in [1.29, 1.82) is 0 Å². The van der Waals surface area contributed by atoms with Crippen LogP contribution in [-0.4, -0.2) is 11.6 Å². The molecule has 1 aliphatic rings. The summed E-state index contributed by atoms with van der Waals surface area (Å²) in [6, 6.07) is 5.83. The molecule has 18 heavy (non-hydrogen) atoms. The van der Waals surface area contributed by atoms with Gasteiger partial charge in [-0.1, -0.05) is 12.1 Å². The molecule has 2 heterocycles. The molecule has 0 saturated heterocycles. The fraction of sp³-hybridized carbons (Fsp3) is 0.154. The van der Waals surface area contributed by atoms with Crippen molar-refractivity contribution in [3.05, 3.63) is 71.8 Å². The number of allylic oxidation sites excluding steroid dienone is 3. The number of aromatic nitrogens is 1. The average molecular weight is 244 g/mol. The molecule has 0 fully saturated rings. The van der Waals surface area contributed by atoms with Gasteiger partial charge < -0.3 is 9.64 Å². The molecule has 0 atom stereocenters. The number of pyridine rings is 1. The van der Waals surface area contributed by atoms with E-state index in [1.807, 2.05) is 58.4 Å².